The van der Waals surface area contributed by atoms with E-state index in [2.05, 4.69) is 6.92 Å². The second-order valence-electron chi connectivity index (χ2n) is 7.16. The molecule has 0 saturated heterocycles. The largest absolute Gasteiger partial charge is 0.493 e. The number of primary sulfonamides is 1. The minimum atomic E-state index is -3.74. The Morgan fingerprint density at radius 2 is 1.39 bits per heavy atom. The first-order valence-electron chi connectivity index (χ1n) is 10.1. The second-order valence-corrected chi connectivity index (χ2v) is 8.73. The molecule has 164 valence electrons. The number of nitrogens with two attached hydrogens (primary N) is 1. The van der Waals surface area contributed by atoms with E-state index in [9.17, 15) is 8.42 Å². The summed E-state index contributed by atoms with van der Waals surface area (Å²) in [7, 11) is -3.74. The Morgan fingerprint density at radius 1 is 0.774 bits per heavy atom. The zero-order chi connectivity index (χ0) is 22.1. The molecule has 0 saturated carbocycles. The quantitative estimate of drug-likeness (QED) is 0.447. The van der Waals surface area contributed by atoms with E-state index in [0.29, 0.717) is 32.0 Å². The zero-order valence-electron chi connectivity index (χ0n) is 17.4. The lowest BCUT2D eigenvalue weighted by Gasteiger charge is -2.14. The van der Waals surface area contributed by atoms with Crippen molar-refractivity contribution in [2.45, 2.75) is 24.2 Å². The Hall–Kier alpha value is -3.03. The van der Waals surface area contributed by atoms with Crippen LogP contribution in [-0.2, 0) is 10.0 Å². The van der Waals surface area contributed by atoms with Crippen LogP contribution in [0.1, 0.15) is 24.8 Å². The highest BCUT2D eigenvalue weighted by molar-refractivity contribution is 7.89. The number of hydrogen-bond donors (Lipinski definition) is 1. The molecule has 0 amide bonds. The molecular formula is C24H27NO5S. The Labute approximate surface area is 183 Å². The molecule has 7 heteroatoms. The van der Waals surface area contributed by atoms with E-state index in [4.69, 9.17) is 19.3 Å². The van der Waals surface area contributed by atoms with Crippen molar-refractivity contribution in [2.24, 2.45) is 5.14 Å². The second kappa shape index (κ2) is 10.8. The summed E-state index contributed by atoms with van der Waals surface area (Å²) < 4.78 is 39.9. The maximum absolute atomic E-state index is 11.4. The van der Waals surface area contributed by atoms with Crippen LogP contribution in [-0.4, -0.2) is 28.2 Å². The van der Waals surface area contributed by atoms with Crippen LogP contribution < -0.4 is 19.3 Å². The minimum Gasteiger partial charge on any atom is -0.493 e. The smallest absolute Gasteiger partial charge is 0.238 e. The lowest BCUT2D eigenvalue weighted by atomic mass is 10.0. The van der Waals surface area contributed by atoms with Gasteiger partial charge in [-0.25, -0.2) is 13.6 Å². The van der Waals surface area contributed by atoms with Crippen LogP contribution in [0.4, 0.5) is 0 Å². The molecule has 0 fully saturated rings. The number of ether oxygens (including phenoxy) is 3. The van der Waals surface area contributed by atoms with Gasteiger partial charge in [-0.2, -0.15) is 0 Å². The van der Waals surface area contributed by atoms with E-state index in [0.717, 1.165) is 11.5 Å². The Balaban J connectivity index is 1.38. The Bertz CT molecular complexity index is 1050. The molecule has 0 bridgehead atoms. The first kappa shape index (κ1) is 22.7. The molecule has 0 radical (unpaired) electrons. The number of sulfonamides is 1. The third-order valence-corrected chi connectivity index (χ3v) is 5.56. The monoisotopic (exact) mass is 441 g/mol. The SMILES string of the molecule is CC(COc1ccccc1)c1ccc(OCCCOc2cccc(S(N)(=O)=O)c2)cc1. The number of hydrogen-bond acceptors (Lipinski definition) is 5. The van der Waals surface area contributed by atoms with Crippen molar-refractivity contribution in [1.82, 2.24) is 0 Å². The van der Waals surface area contributed by atoms with E-state index in [1.54, 1.807) is 12.1 Å². The molecular weight excluding hydrogens is 414 g/mol. The van der Waals surface area contributed by atoms with Gasteiger partial charge in [0.1, 0.15) is 17.2 Å². The third kappa shape index (κ3) is 7.31. The summed E-state index contributed by atoms with van der Waals surface area (Å²) in [5.41, 5.74) is 1.18. The third-order valence-electron chi connectivity index (χ3n) is 4.65. The zero-order valence-corrected chi connectivity index (χ0v) is 18.3. The summed E-state index contributed by atoms with van der Waals surface area (Å²) >= 11 is 0. The maximum atomic E-state index is 11.4. The first-order valence-corrected chi connectivity index (χ1v) is 11.6. The van der Waals surface area contributed by atoms with Crippen LogP contribution >= 0.6 is 0 Å². The Kier molecular flexibility index (Phi) is 7.92. The van der Waals surface area contributed by atoms with E-state index in [1.165, 1.54) is 17.7 Å². The fraction of sp³-hybridized carbons (Fsp3) is 0.250. The van der Waals surface area contributed by atoms with Crippen molar-refractivity contribution in [2.75, 3.05) is 19.8 Å². The lowest BCUT2D eigenvalue weighted by Crippen LogP contribution is -2.12. The van der Waals surface area contributed by atoms with Gasteiger partial charge in [0.05, 0.1) is 24.7 Å². The average Bonchev–Trinajstić information content (AvgIpc) is 2.78. The van der Waals surface area contributed by atoms with Gasteiger partial charge in [-0.05, 0) is 42.0 Å². The average molecular weight is 442 g/mol. The van der Waals surface area contributed by atoms with Gasteiger partial charge in [0.2, 0.25) is 10.0 Å². The molecule has 6 nitrogen and oxygen atoms in total. The van der Waals surface area contributed by atoms with Crippen LogP contribution in [0.3, 0.4) is 0 Å². The predicted octanol–water partition coefficient (Wildman–Crippen LogP) is 4.36. The van der Waals surface area contributed by atoms with Crippen LogP contribution in [0.5, 0.6) is 17.2 Å². The molecule has 1 atom stereocenters. The van der Waals surface area contributed by atoms with Crippen molar-refractivity contribution >= 4 is 10.0 Å². The van der Waals surface area contributed by atoms with Crippen molar-refractivity contribution in [3.05, 3.63) is 84.4 Å². The van der Waals surface area contributed by atoms with E-state index in [-0.39, 0.29) is 10.8 Å². The molecule has 2 N–H and O–H groups in total. The summed E-state index contributed by atoms with van der Waals surface area (Å²) in [5.74, 6) is 2.38. The molecule has 0 aliphatic rings. The van der Waals surface area contributed by atoms with Gasteiger partial charge in [-0.15, -0.1) is 0 Å². The summed E-state index contributed by atoms with van der Waals surface area (Å²) in [6.07, 6.45) is 0.655. The van der Waals surface area contributed by atoms with Gasteiger partial charge in [-0.3, -0.25) is 0 Å². The molecule has 3 rings (SSSR count). The molecule has 3 aromatic carbocycles. The fourth-order valence-corrected chi connectivity index (χ4v) is 3.46. The van der Waals surface area contributed by atoms with E-state index < -0.39 is 10.0 Å². The van der Waals surface area contributed by atoms with Crippen molar-refractivity contribution in [1.29, 1.82) is 0 Å². The molecule has 1 unspecified atom stereocenters. The van der Waals surface area contributed by atoms with Gasteiger partial charge in [0.25, 0.3) is 0 Å². The fourth-order valence-electron chi connectivity index (χ4n) is 2.91. The molecule has 0 aromatic heterocycles. The van der Waals surface area contributed by atoms with Gasteiger partial charge in [-0.1, -0.05) is 43.3 Å². The molecule has 0 aliphatic carbocycles. The molecule has 0 spiro atoms. The predicted molar refractivity (Wildman–Crippen MR) is 120 cm³/mol. The van der Waals surface area contributed by atoms with Crippen molar-refractivity contribution in [3.8, 4) is 17.2 Å². The number of benzene rings is 3. The topological polar surface area (TPSA) is 87.8 Å². The molecule has 0 heterocycles. The Morgan fingerprint density at radius 3 is 2.06 bits per heavy atom. The first-order chi connectivity index (χ1) is 14.9. The van der Waals surface area contributed by atoms with Crippen LogP contribution in [0, 0.1) is 0 Å². The minimum absolute atomic E-state index is 0.0322. The number of para-hydroxylation sites is 1. The summed E-state index contributed by atoms with van der Waals surface area (Å²) in [6.45, 7) is 3.62. The van der Waals surface area contributed by atoms with Gasteiger partial charge < -0.3 is 14.2 Å². The van der Waals surface area contributed by atoms with Crippen LogP contribution in [0.25, 0.3) is 0 Å². The highest BCUT2D eigenvalue weighted by atomic mass is 32.2. The maximum Gasteiger partial charge on any atom is 0.238 e. The molecule has 31 heavy (non-hydrogen) atoms. The van der Waals surface area contributed by atoms with Crippen molar-refractivity contribution < 1.29 is 22.6 Å². The normalized spacial score (nSPS) is 12.2. The highest BCUT2D eigenvalue weighted by Gasteiger charge is 2.09. The van der Waals surface area contributed by atoms with Crippen LogP contribution in [0.15, 0.2) is 83.8 Å². The lowest BCUT2D eigenvalue weighted by molar-refractivity contribution is 0.247. The van der Waals surface area contributed by atoms with Gasteiger partial charge in [0, 0.05) is 18.4 Å². The van der Waals surface area contributed by atoms with E-state index >= 15 is 0 Å². The standard InChI is InChI=1S/C24H27NO5S/c1-19(18-30-21-7-3-2-4-8-21)20-11-13-22(14-12-20)28-15-6-16-29-23-9-5-10-24(17-23)31(25,26)27/h2-5,7-14,17,19H,6,15-16,18H2,1H3,(H2,25,26,27). The number of rotatable bonds is 11. The molecule has 0 aliphatic heterocycles. The van der Waals surface area contributed by atoms with Gasteiger partial charge >= 0.3 is 0 Å². The summed E-state index contributed by atoms with van der Waals surface area (Å²) in [6, 6.07) is 23.9. The summed E-state index contributed by atoms with van der Waals surface area (Å²) in [4.78, 5) is 0.0322. The van der Waals surface area contributed by atoms with Crippen molar-refractivity contribution in [3.63, 3.8) is 0 Å². The van der Waals surface area contributed by atoms with Gasteiger partial charge in [0.15, 0.2) is 0 Å². The highest BCUT2D eigenvalue weighted by Crippen LogP contribution is 2.21. The van der Waals surface area contributed by atoms with E-state index in [1.807, 2.05) is 54.6 Å². The van der Waals surface area contributed by atoms with Crippen LogP contribution in [0.2, 0.25) is 0 Å². The molecule has 3 aromatic rings. The summed E-state index contributed by atoms with van der Waals surface area (Å²) in [5, 5.41) is 5.13.